The van der Waals surface area contributed by atoms with E-state index in [-0.39, 0.29) is 23.3 Å². The molecule has 8 heteroatoms. The van der Waals surface area contributed by atoms with Crippen molar-refractivity contribution in [1.29, 1.82) is 0 Å². The van der Waals surface area contributed by atoms with Gasteiger partial charge in [0.15, 0.2) is 0 Å². The van der Waals surface area contributed by atoms with E-state index in [2.05, 4.69) is 134 Å². The lowest BCUT2D eigenvalue weighted by molar-refractivity contribution is -0.126. The third-order valence-electron chi connectivity index (χ3n) is 12.3. The van der Waals surface area contributed by atoms with Gasteiger partial charge in [0.25, 0.3) is 0 Å². The maximum absolute atomic E-state index is 14.2. The summed E-state index contributed by atoms with van der Waals surface area (Å²) >= 11 is 0. The van der Waals surface area contributed by atoms with E-state index in [9.17, 15) is 9.59 Å². The molecule has 1 aliphatic rings. The van der Waals surface area contributed by atoms with Gasteiger partial charge < -0.3 is 19.2 Å². The van der Waals surface area contributed by atoms with Gasteiger partial charge >= 0.3 is 8.32 Å². The molecule has 0 unspecified atom stereocenters. The van der Waals surface area contributed by atoms with Crippen LogP contribution >= 0.6 is 0 Å². The van der Waals surface area contributed by atoms with Crippen molar-refractivity contribution in [2.45, 2.75) is 50.2 Å². The van der Waals surface area contributed by atoms with Gasteiger partial charge in [0.05, 0.1) is 24.1 Å². The smallest absolute Gasteiger partial charge is 0.319 e. The van der Waals surface area contributed by atoms with Crippen molar-refractivity contribution in [3.05, 3.63) is 223 Å². The van der Waals surface area contributed by atoms with Crippen molar-refractivity contribution in [2.75, 3.05) is 11.4 Å². The van der Waals surface area contributed by atoms with Crippen LogP contribution in [0, 0.1) is 0 Å². The Labute approximate surface area is 364 Å². The summed E-state index contributed by atoms with van der Waals surface area (Å²) in [5, 5.41) is 7.16. The molecule has 8 aromatic rings. The highest BCUT2D eigenvalue weighted by atomic mass is 28.4. The third kappa shape index (κ3) is 7.30. The Bertz CT molecular complexity index is 2670. The Kier molecular flexibility index (Phi) is 10.9. The average Bonchev–Trinajstić information content (AvgIpc) is 3.92. The fourth-order valence-electron chi connectivity index (χ4n) is 9.45. The van der Waals surface area contributed by atoms with Gasteiger partial charge in [-0.25, -0.2) is 4.98 Å². The zero-order valence-corrected chi connectivity index (χ0v) is 36.3. The molecule has 2 amide bonds. The zero-order valence-electron chi connectivity index (χ0n) is 35.3. The molecule has 2 heterocycles. The van der Waals surface area contributed by atoms with E-state index >= 15 is 0 Å². The monoisotopic (exact) mass is 830 g/mol. The highest BCUT2D eigenvalue weighted by Gasteiger charge is 2.52. The largest absolute Gasteiger partial charge is 0.534 e. The first-order valence-corrected chi connectivity index (χ1v) is 23.2. The second kappa shape index (κ2) is 16.8. The molecule has 0 aliphatic carbocycles. The molecular weight excluding hydrogens is 781 g/mol. The molecule has 7 aromatic carbocycles. The van der Waals surface area contributed by atoms with Gasteiger partial charge in [-0.2, -0.15) is 0 Å². The summed E-state index contributed by atoms with van der Waals surface area (Å²) in [5.74, 6) is 0.371. The number of hydrogen-bond donors (Lipinski definition) is 1. The number of rotatable bonds is 12. The molecule has 308 valence electrons. The first-order valence-electron chi connectivity index (χ1n) is 21.3. The van der Waals surface area contributed by atoms with Gasteiger partial charge in [0.2, 0.25) is 11.8 Å². The predicted octanol–water partition coefficient (Wildman–Crippen LogP) is 9.28. The van der Waals surface area contributed by atoms with Gasteiger partial charge in [-0.05, 0) is 62.1 Å². The summed E-state index contributed by atoms with van der Waals surface area (Å²) in [6, 6.07) is 63.9. The van der Waals surface area contributed by atoms with E-state index in [4.69, 9.17) is 9.41 Å². The lowest BCUT2D eigenvalue weighted by atomic mass is 9.77. The van der Waals surface area contributed by atoms with Crippen molar-refractivity contribution in [2.24, 2.45) is 0 Å². The number of anilines is 1. The maximum Gasteiger partial charge on any atom is 0.319 e. The molecule has 1 N–H and O–H groups in total. The summed E-state index contributed by atoms with van der Waals surface area (Å²) in [6.07, 6.45) is 4.29. The molecule has 9 rings (SSSR count). The minimum Gasteiger partial charge on any atom is -0.534 e. The highest BCUT2D eigenvalue weighted by molar-refractivity contribution is 7.00. The Balaban J connectivity index is 0.974. The zero-order chi connectivity index (χ0) is 42.7. The van der Waals surface area contributed by atoms with Crippen LogP contribution in [0.5, 0.6) is 5.75 Å². The first-order chi connectivity index (χ1) is 30.2. The molecule has 0 spiro atoms. The van der Waals surface area contributed by atoms with Crippen molar-refractivity contribution in [1.82, 2.24) is 14.9 Å². The Morgan fingerprint density at radius 2 is 1.23 bits per heavy atom. The standard InChI is InChI=1S/C54H50N4O3Si/c1-53(2,3)62(46-27-15-7-16-28-46,47-29-17-8-18-30-47)61-45-33-32-40-20-19-31-50(48(40)37-45)58-35-34-49(52(58)60)56-51(59)36-44-38-57(39-55-44)54(41-21-9-4-10-22-41,42-23-11-5-12-24-42)43-25-13-6-14-26-43/h4-33,37-39,49H,34-36H2,1-3H3,(H,56,59)/t49-/m0/s1. The number of amides is 2. The lowest BCUT2D eigenvalue weighted by Gasteiger charge is -2.43. The fraction of sp³-hybridized carbons (Fsp3) is 0.167. The third-order valence-corrected chi connectivity index (χ3v) is 17.2. The van der Waals surface area contributed by atoms with E-state index in [1.165, 1.54) is 10.4 Å². The van der Waals surface area contributed by atoms with Gasteiger partial charge in [-0.3, -0.25) is 9.59 Å². The van der Waals surface area contributed by atoms with Crippen LogP contribution in [-0.4, -0.2) is 42.3 Å². The van der Waals surface area contributed by atoms with Crippen molar-refractivity contribution >= 4 is 47.0 Å². The maximum atomic E-state index is 14.2. The SMILES string of the molecule is CC(C)(C)[Si](Oc1ccc2cccc(N3CC[C@H](NC(=O)Cc4cn(C(c5ccccc5)(c5ccccc5)c5ccccc5)cn4)C3=O)c2c1)(c1ccccc1)c1ccccc1. The average molecular weight is 831 g/mol. The van der Waals surface area contributed by atoms with Crippen LogP contribution in [0.15, 0.2) is 201 Å². The summed E-state index contributed by atoms with van der Waals surface area (Å²) in [6.45, 7) is 7.27. The van der Waals surface area contributed by atoms with Crippen molar-refractivity contribution in [3.63, 3.8) is 0 Å². The summed E-state index contributed by atoms with van der Waals surface area (Å²) in [5.41, 5.74) is 3.87. The van der Waals surface area contributed by atoms with E-state index < -0.39 is 19.9 Å². The second-order valence-electron chi connectivity index (χ2n) is 17.1. The van der Waals surface area contributed by atoms with E-state index in [0.29, 0.717) is 18.7 Å². The number of hydrogen-bond acceptors (Lipinski definition) is 4. The van der Waals surface area contributed by atoms with Gasteiger partial charge in [-0.1, -0.05) is 191 Å². The molecule has 62 heavy (non-hydrogen) atoms. The van der Waals surface area contributed by atoms with Crippen LogP contribution in [-0.2, 0) is 21.5 Å². The quantitative estimate of drug-likeness (QED) is 0.0985. The number of fused-ring (bicyclic) bond motifs is 1. The first kappa shape index (κ1) is 40.4. The van der Waals surface area contributed by atoms with Crippen molar-refractivity contribution < 1.29 is 14.0 Å². The van der Waals surface area contributed by atoms with Crippen LogP contribution in [0.2, 0.25) is 5.04 Å². The van der Waals surface area contributed by atoms with Gasteiger partial charge in [0.1, 0.15) is 17.3 Å². The molecule has 0 bridgehead atoms. The predicted molar refractivity (Wildman–Crippen MR) is 252 cm³/mol. The number of aromatic nitrogens is 2. The lowest BCUT2D eigenvalue weighted by Crippen LogP contribution is -2.68. The van der Waals surface area contributed by atoms with Crippen LogP contribution < -0.4 is 25.0 Å². The number of nitrogens with zero attached hydrogens (tertiary/aromatic N) is 3. The second-order valence-corrected chi connectivity index (χ2v) is 21.3. The summed E-state index contributed by atoms with van der Waals surface area (Å²) < 4.78 is 9.49. The number of nitrogens with one attached hydrogen (secondary N) is 1. The minimum atomic E-state index is -2.90. The van der Waals surface area contributed by atoms with E-state index in [1.807, 2.05) is 102 Å². The normalized spacial score (nSPS) is 14.5. The Hall–Kier alpha value is -7.03. The number of benzene rings is 7. The topological polar surface area (TPSA) is 76.5 Å². The highest BCUT2D eigenvalue weighted by Crippen LogP contribution is 2.42. The van der Waals surface area contributed by atoms with Crippen LogP contribution in [0.1, 0.15) is 49.6 Å². The molecule has 1 aromatic heterocycles. The molecular formula is C54H50N4O3Si. The van der Waals surface area contributed by atoms with Gasteiger partial charge in [-0.15, -0.1) is 0 Å². The number of carbonyl (C=O) groups excluding carboxylic acids is 2. The molecule has 1 atom stereocenters. The number of carbonyl (C=O) groups is 2. The van der Waals surface area contributed by atoms with E-state index in [0.717, 1.165) is 38.9 Å². The Morgan fingerprint density at radius 1 is 0.694 bits per heavy atom. The molecule has 1 fully saturated rings. The van der Waals surface area contributed by atoms with Gasteiger partial charge in [0, 0.05) is 18.1 Å². The molecule has 1 aliphatic heterocycles. The molecule has 1 saturated heterocycles. The molecule has 0 saturated carbocycles. The van der Waals surface area contributed by atoms with Crippen LogP contribution in [0.4, 0.5) is 5.69 Å². The molecule has 7 nitrogen and oxygen atoms in total. The minimum absolute atomic E-state index is 0.0302. The summed E-state index contributed by atoms with van der Waals surface area (Å²) in [7, 11) is -2.90. The summed E-state index contributed by atoms with van der Waals surface area (Å²) in [4.78, 5) is 34.6. The molecule has 0 radical (unpaired) electrons. The van der Waals surface area contributed by atoms with Crippen molar-refractivity contribution in [3.8, 4) is 5.75 Å². The van der Waals surface area contributed by atoms with Crippen LogP contribution in [0.25, 0.3) is 10.8 Å². The van der Waals surface area contributed by atoms with E-state index in [1.54, 1.807) is 0 Å². The fourth-order valence-corrected chi connectivity index (χ4v) is 13.9. The number of imidazole rings is 1. The Morgan fingerprint density at radius 3 is 1.76 bits per heavy atom. The van der Waals surface area contributed by atoms with Crippen LogP contribution in [0.3, 0.4) is 0 Å².